The Kier molecular flexibility index (Phi) is 5.40. The first-order chi connectivity index (χ1) is 11.7. The van der Waals surface area contributed by atoms with Gasteiger partial charge in [0, 0.05) is 35.3 Å². The molecule has 2 aromatic rings. The Hall–Kier alpha value is -2.02. The molecule has 0 aliphatic carbocycles. The van der Waals surface area contributed by atoms with Gasteiger partial charge in [-0.05, 0) is 43.2 Å². The Balaban J connectivity index is 1.52. The van der Waals surface area contributed by atoms with Crippen molar-refractivity contribution in [3.8, 4) is 0 Å². The van der Waals surface area contributed by atoms with E-state index in [9.17, 15) is 4.79 Å². The third-order valence-corrected chi connectivity index (χ3v) is 4.05. The fraction of sp³-hybridized carbons (Fsp3) is 0.353. The summed E-state index contributed by atoms with van der Waals surface area (Å²) in [5.41, 5.74) is 5.21. The highest BCUT2D eigenvalue weighted by Gasteiger charge is 2.21. The van der Waals surface area contributed by atoms with Crippen molar-refractivity contribution < 1.29 is 14.4 Å². The average Bonchev–Trinajstić information content (AvgIpc) is 3.20. The fourth-order valence-electron chi connectivity index (χ4n) is 2.59. The Morgan fingerprint density at radius 3 is 3.17 bits per heavy atom. The van der Waals surface area contributed by atoms with Crippen molar-refractivity contribution in [1.29, 1.82) is 0 Å². The molecule has 0 saturated carbocycles. The van der Waals surface area contributed by atoms with Crippen LogP contribution >= 0.6 is 11.6 Å². The molecule has 2 heterocycles. The molecular weight excluding hydrogens is 330 g/mol. The second-order valence-corrected chi connectivity index (χ2v) is 5.94. The fourth-order valence-corrected chi connectivity index (χ4v) is 2.77. The highest BCUT2D eigenvalue weighted by Crippen LogP contribution is 2.22. The number of ether oxygens (including phenoxy) is 1. The number of rotatable bonds is 7. The number of hydrogen-bond donors (Lipinski definition) is 3. The van der Waals surface area contributed by atoms with Crippen LogP contribution in [-0.4, -0.2) is 36.8 Å². The minimum absolute atomic E-state index is 0.188. The maximum Gasteiger partial charge on any atom is 0.269 e. The van der Waals surface area contributed by atoms with Gasteiger partial charge < -0.3 is 15.0 Å². The van der Waals surface area contributed by atoms with Gasteiger partial charge in [-0.25, -0.2) is 0 Å². The van der Waals surface area contributed by atoms with Crippen LogP contribution < -0.4 is 10.8 Å². The lowest BCUT2D eigenvalue weighted by Crippen LogP contribution is -2.31. The normalized spacial score (nSPS) is 16.9. The number of fused-ring (bicyclic) bond motifs is 1. The maximum atomic E-state index is 12.1. The number of aromatic nitrogens is 1. The third-order valence-electron chi connectivity index (χ3n) is 3.81. The Morgan fingerprint density at radius 1 is 1.46 bits per heavy atom. The number of benzene rings is 1. The Morgan fingerprint density at radius 2 is 2.33 bits per heavy atom. The lowest BCUT2D eigenvalue weighted by Gasteiger charge is -2.07. The van der Waals surface area contributed by atoms with Crippen LogP contribution in [0.3, 0.4) is 0 Å². The molecule has 1 aliphatic heterocycles. The van der Waals surface area contributed by atoms with Crippen LogP contribution in [-0.2, 0) is 20.8 Å². The number of nitrogens with one attached hydrogen (secondary N) is 3. The highest BCUT2D eigenvalue weighted by atomic mass is 35.5. The topological polar surface area (TPSA) is 75.4 Å². The number of hydrogen-bond acceptors (Lipinski definition) is 4. The number of hydroxylamine groups is 1. The minimum atomic E-state index is -0.235. The van der Waals surface area contributed by atoms with Gasteiger partial charge in [0.25, 0.3) is 5.91 Å². The SMILES string of the molecule is CCOCC1C=C(C(=O)NCCc2c[nH]c3ccc(Cl)cc23)NO1. The van der Waals surface area contributed by atoms with Gasteiger partial charge in [-0.2, -0.15) is 0 Å². The molecule has 7 heteroatoms. The molecule has 6 nitrogen and oxygen atoms in total. The summed E-state index contributed by atoms with van der Waals surface area (Å²) in [4.78, 5) is 20.6. The van der Waals surface area contributed by atoms with Crippen molar-refractivity contribution in [3.63, 3.8) is 0 Å². The zero-order chi connectivity index (χ0) is 16.9. The molecule has 1 atom stereocenters. The molecule has 3 N–H and O–H groups in total. The molecule has 1 aliphatic rings. The summed E-state index contributed by atoms with van der Waals surface area (Å²) in [6, 6.07) is 5.73. The minimum Gasteiger partial charge on any atom is -0.379 e. The van der Waals surface area contributed by atoms with E-state index in [1.165, 1.54) is 0 Å². The first-order valence-corrected chi connectivity index (χ1v) is 8.30. The molecule has 1 unspecified atom stereocenters. The number of carbonyl (C=O) groups excluding carboxylic acids is 1. The summed E-state index contributed by atoms with van der Waals surface area (Å²) in [6.45, 7) is 3.48. The van der Waals surface area contributed by atoms with Gasteiger partial charge in [0.1, 0.15) is 11.8 Å². The monoisotopic (exact) mass is 349 g/mol. The van der Waals surface area contributed by atoms with Crippen molar-refractivity contribution in [2.24, 2.45) is 0 Å². The van der Waals surface area contributed by atoms with Crippen molar-refractivity contribution in [2.75, 3.05) is 19.8 Å². The van der Waals surface area contributed by atoms with Crippen molar-refractivity contribution in [3.05, 3.63) is 46.8 Å². The number of aromatic amines is 1. The molecule has 0 spiro atoms. The molecule has 1 aromatic heterocycles. The molecule has 0 radical (unpaired) electrons. The molecule has 3 rings (SSSR count). The summed E-state index contributed by atoms with van der Waals surface area (Å²) in [6.07, 6.45) is 4.15. The van der Waals surface area contributed by atoms with E-state index in [1.54, 1.807) is 6.08 Å². The predicted molar refractivity (Wildman–Crippen MR) is 92.6 cm³/mol. The molecule has 24 heavy (non-hydrogen) atoms. The molecular formula is C17H20ClN3O3. The van der Waals surface area contributed by atoms with Crippen LogP contribution in [0.15, 0.2) is 36.2 Å². The van der Waals surface area contributed by atoms with Gasteiger partial charge in [-0.15, -0.1) is 0 Å². The van der Waals surface area contributed by atoms with Gasteiger partial charge in [0.15, 0.2) is 0 Å². The summed E-state index contributed by atoms with van der Waals surface area (Å²) >= 11 is 6.04. The number of amides is 1. The van der Waals surface area contributed by atoms with Gasteiger partial charge >= 0.3 is 0 Å². The quantitative estimate of drug-likeness (QED) is 0.717. The van der Waals surface area contributed by atoms with Crippen molar-refractivity contribution in [2.45, 2.75) is 19.4 Å². The zero-order valence-corrected chi connectivity index (χ0v) is 14.2. The highest BCUT2D eigenvalue weighted by molar-refractivity contribution is 6.31. The summed E-state index contributed by atoms with van der Waals surface area (Å²) in [5, 5.41) is 4.66. The molecule has 1 amide bonds. The molecule has 1 aromatic carbocycles. The van der Waals surface area contributed by atoms with E-state index >= 15 is 0 Å². The van der Waals surface area contributed by atoms with E-state index in [2.05, 4.69) is 15.8 Å². The summed E-state index contributed by atoms with van der Waals surface area (Å²) in [7, 11) is 0. The zero-order valence-electron chi connectivity index (χ0n) is 13.4. The van der Waals surface area contributed by atoms with E-state index in [4.69, 9.17) is 21.2 Å². The van der Waals surface area contributed by atoms with Crippen LogP contribution in [0.25, 0.3) is 10.9 Å². The van der Waals surface area contributed by atoms with Gasteiger partial charge in [0.2, 0.25) is 0 Å². The van der Waals surface area contributed by atoms with Gasteiger partial charge in [-0.1, -0.05) is 11.6 Å². The Bertz CT molecular complexity index is 757. The van der Waals surface area contributed by atoms with Gasteiger partial charge in [0.05, 0.1) is 6.61 Å². The summed E-state index contributed by atoms with van der Waals surface area (Å²) < 4.78 is 5.27. The third kappa shape index (κ3) is 3.90. The molecule has 0 bridgehead atoms. The Labute approximate surface area is 145 Å². The number of H-pyrrole nitrogens is 1. The van der Waals surface area contributed by atoms with Crippen molar-refractivity contribution in [1.82, 2.24) is 15.8 Å². The lowest BCUT2D eigenvalue weighted by molar-refractivity contribution is -0.119. The van der Waals surface area contributed by atoms with Crippen LogP contribution in [0.1, 0.15) is 12.5 Å². The first kappa shape index (κ1) is 16.8. The second-order valence-electron chi connectivity index (χ2n) is 5.51. The van der Waals surface area contributed by atoms with E-state index < -0.39 is 0 Å². The van der Waals surface area contributed by atoms with Crippen molar-refractivity contribution >= 4 is 28.4 Å². The molecule has 0 fully saturated rings. The molecule has 128 valence electrons. The average molecular weight is 350 g/mol. The van der Waals surface area contributed by atoms with E-state index in [0.29, 0.717) is 36.9 Å². The second kappa shape index (κ2) is 7.70. The predicted octanol–water partition coefficient (Wildman–Crippen LogP) is 2.30. The summed E-state index contributed by atoms with van der Waals surface area (Å²) in [5.74, 6) is -0.188. The number of carbonyl (C=O) groups is 1. The van der Waals surface area contributed by atoms with Gasteiger partial charge in [-0.3, -0.25) is 15.1 Å². The molecule has 0 saturated heterocycles. The largest absolute Gasteiger partial charge is 0.379 e. The standard InChI is InChI=1S/C17H20ClN3O3/c1-2-23-10-13-8-16(21-24-13)17(22)19-6-5-11-9-20-15-4-3-12(18)7-14(11)15/h3-4,7-9,13,20-21H,2,5-6,10H2,1H3,(H,19,22). The van der Waals surface area contributed by atoms with Crippen LogP contribution in [0.5, 0.6) is 0 Å². The smallest absolute Gasteiger partial charge is 0.269 e. The number of halogens is 1. The maximum absolute atomic E-state index is 12.1. The van der Waals surface area contributed by atoms with E-state index in [0.717, 1.165) is 16.5 Å². The van der Waals surface area contributed by atoms with E-state index in [1.807, 2.05) is 31.3 Å². The van der Waals surface area contributed by atoms with E-state index in [-0.39, 0.29) is 12.0 Å². The lowest BCUT2D eigenvalue weighted by atomic mass is 10.1. The van der Waals surface area contributed by atoms with Crippen LogP contribution in [0.2, 0.25) is 5.02 Å². The van der Waals surface area contributed by atoms with Crippen LogP contribution in [0, 0.1) is 0 Å². The van der Waals surface area contributed by atoms with Crippen LogP contribution in [0.4, 0.5) is 0 Å². The first-order valence-electron chi connectivity index (χ1n) is 7.92.